The van der Waals surface area contributed by atoms with E-state index in [4.69, 9.17) is 19.1 Å². The van der Waals surface area contributed by atoms with Crippen LogP contribution in [-0.4, -0.2) is 30.5 Å². The van der Waals surface area contributed by atoms with Gasteiger partial charge in [-0.15, -0.1) is 0 Å². The van der Waals surface area contributed by atoms with Crippen molar-refractivity contribution in [3.8, 4) is 0 Å². The van der Waals surface area contributed by atoms with Gasteiger partial charge in [0.1, 0.15) is 4.91 Å². The number of benzene rings is 2. The Labute approximate surface area is 164 Å². The average Bonchev–Trinajstić information content (AvgIpc) is 3.33. The zero-order chi connectivity index (χ0) is 19.5. The van der Waals surface area contributed by atoms with Gasteiger partial charge in [0.2, 0.25) is 12.2 Å². The molecular formula is C22H26NO5+. The van der Waals surface area contributed by atoms with Crippen LogP contribution in [0.25, 0.3) is 0 Å². The monoisotopic (exact) mass is 384 g/mol. The van der Waals surface area contributed by atoms with E-state index in [0.717, 1.165) is 11.1 Å². The van der Waals surface area contributed by atoms with Crippen LogP contribution in [-0.2, 0) is 19.1 Å². The Balaban J connectivity index is 1.24. The van der Waals surface area contributed by atoms with E-state index in [1.54, 1.807) is 0 Å². The highest BCUT2D eigenvalue weighted by Crippen LogP contribution is 2.32. The van der Waals surface area contributed by atoms with Gasteiger partial charge in [0.15, 0.2) is 0 Å². The molecule has 148 valence electrons. The first-order chi connectivity index (χ1) is 13.6. The lowest BCUT2D eigenvalue weighted by Crippen LogP contribution is -2.26. The first kappa shape index (κ1) is 18.9. The maximum absolute atomic E-state index is 12.1. The molecule has 4 atom stereocenters. The zero-order valence-corrected chi connectivity index (χ0v) is 16.2. The lowest BCUT2D eigenvalue weighted by Gasteiger charge is -2.09. The molecule has 4 unspecified atom stereocenters. The van der Waals surface area contributed by atoms with Crippen LogP contribution in [0, 0.1) is 18.8 Å². The zero-order valence-electron chi connectivity index (χ0n) is 16.2. The van der Waals surface area contributed by atoms with Crippen molar-refractivity contribution in [3.63, 3.8) is 0 Å². The highest BCUT2D eigenvalue weighted by Gasteiger charge is 2.38. The lowest BCUT2D eigenvalue weighted by atomic mass is 10.0. The van der Waals surface area contributed by atoms with E-state index >= 15 is 0 Å². The Morgan fingerprint density at radius 3 is 1.54 bits per heavy atom. The molecule has 0 radical (unpaired) electrons. The molecule has 0 aromatic heterocycles. The van der Waals surface area contributed by atoms with E-state index in [2.05, 4.69) is 48.5 Å². The van der Waals surface area contributed by atoms with Crippen molar-refractivity contribution in [1.29, 1.82) is 0 Å². The molecule has 6 heteroatoms. The van der Waals surface area contributed by atoms with Crippen LogP contribution >= 0.6 is 0 Å². The fraction of sp³-hybridized carbons (Fsp3) is 0.455. The van der Waals surface area contributed by atoms with Crippen molar-refractivity contribution in [3.05, 3.63) is 75.7 Å². The molecule has 2 heterocycles. The molecule has 2 aromatic carbocycles. The second-order valence-electron chi connectivity index (χ2n) is 7.62. The summed E-state index contributed by atoms with van der Waals surface area (Å²) in [4.78, 5) is 22.9. The largest absolute Gasteiger partial charge is 0.478 e. The van der Waals surface area contributed by atoms with Crippen molar-refractivity contribution in [1.82, 2.24) is 0 Å². The van der Waals surface area contributed by atoms with E-state index in [0.29, 0.717) is 26.1 Å². The van der Waals surface area contributed by atoms with E-state index in [9.17, 15) is 4.91 Å². The van der Waals surface area contributed by atoms with Crippen molar-refractivity contribution in [2.75, 3.05) is 13.2 Å². The standard InChI is InChI=1S/C22H26NO5/c1-15-3-7-17(8-4-15)21-11-19(13-25-21)27-23(24)28-20-12-22(26-14-20)18-9-5-16(2)6-10-18/h3-10,19-22H,11-14H2,1-2H3/q+1. The molecular weight excluding hydrogens is 358 g/mol. The van der Waals surface area contributed by atoms with Crippen molar-refractivity contribution in [2.45, 2.75) is 51.1 Å². The molecule has 6 nitrogen and oxygen atoms in total. The van der Waals surface area contributed by atoms with Crippen molar-refractivity contribution >= 4 is 0 Å². The lowest BCUT2D eigenvalue weighted by molar-refractivity contribution is -0.992. The second-order valence-corrected chi connectivity index (χ2v) is 7.62. The Kier molecular flexibility index (Phi) is 5.59. The number of rotatable bonds is 6. The molecule has 2 fully saturated rings. The summed E-state index contributed by atoms with van der Waals surface area (Å²) in [5.41, 5.74) is 4.60. The molecule has 0 bridgehead atoms. The first-order valence-electron chi connectivity index (χ1n) is 9.74. The van der Waals surface area contributed by atoms with Crippen LogP contribution < -0.4 is 0 Å². The number of aryl methyl sites for hydroxylation is 2. The normalized spacial score (nSPS) is 26.9. The van der Waals surface area contributed by atoms with Crippen LogP contribution in [0.5, 0.6) is 0 Å². The van der Waals surface area contributed by atoms with Gasteiger partial charge in [-0.25, -0.2) is 0 Å². The van der Waals surface area contributed by atoms with Crippen LogP contribution in [0.4, 0.5) is 0 Å². The predicted octanol–water partition coefficient (Wildman–Crippen LogP) is 4.31. The van der Waals surface area contributed by atoms with Crippen LogP contribution in [0.2, 0.25) is 0 Å². The van der Waals surface area contributed by atoms with E-state index in [1.165, 1.54) is 11.1 Å². The second kappa shape index (κ2) is 8.29. The molecule has 2 aliphatic heterocycles. The third-order valence-corrected chi connectivity index (χ3v) is 5.29. The van der Waals surface area contributed by atoms with Gasteiger partial charge in [-0.05, 0) is 25.0 Å². The minimum Gasteiger partial charge on any atom is -0.369 e. The van der Waals surface area contributed by atoms with E-state index in [1.807, 2.05) is 13.8 Å². The van der Waals surface area contributed by atoms with Gasteiger partial charge in [0.05, 0.1) is 25.4 Å². The minimum absolute atomic E-state index is 0.0558. The molecule has 4 rings (SSSR count). The number of ether oxygens (including phenoxy) is 2. The van der Waals surface area contributed by atoms with Gasteiger partial charge in [0.25, 0.3) is 0 Å². The summed E-state index contributed by atoms with van der Waals surface area (Å²) < 4.78 is 11.6. The van der Waals surface area contributed by atoms with Crippen LogP contribution in [0.3, 0.4) is 0 Å². The summed E-state index contributed by atoms with van der Waals surface area (Å²) in [6.45, 7) is 4.84. The van der Waals surface area contributed by atoms with Gasteiger partial charge in [-0.3, -0.25) is 0 Å². The van der Waals surface area contributed by atoms with Crippen LogP contribution in [0.1, 0.15) is 47.3 Å². The third kappa shape index (κ3) is 4.51. The maximum Gasteiger partial charge on any atom is 0.478 e. The van der Waals surface area contributed by atoms with E-state index in [-0.39, 0.29) is 29.5 Å². The van der Waals surface area contributed by atoms with Crippen molar-refractivity contribution in [2.24, 2.45) is 0 Å². The Morgan fingerprint density at radius 2 is 1.14 bits per heavy atom. The summed E-state index contributed by atoms with van der Waals surface area (Å²) in [5, 5.41) is 0.233. The predicted molar refractivity (Wildman–Crippen MR) is 102 cm³/mol. The van der Waals surface area contributed by atoms with Gasteiger partial charge in [0, 0.05) is 12.8 Å². The summed E-state index contributed by atoms with van der Waals surface area (Å²) in [6, 6.07) is 16.4. The van der Waals surface area contributed by atoms with Crippen LogP contribution in [0.15, 0.2) is 48.5 Å². The van der Waals surface area contributed by atoms with Crippen molar-refractivity contribution < 1.29 is 24.2 Å². The number of hydrogen-bond acceptors (Lipinski definition) is 5. The van der Waals surface area contributed by atoms with E-state index < -0.39 is 0 Å². The summed E-state index contributed by atoms with van der Waals surface area (Å²) in [7, 11) is 0. The fourth-order valence-corrected chi connectivity index (χ4v) is 3.64. The Morgan fingerprint density at radius 1 is 0.750 bits per heavy atom. The molecule has 0 amide bonds. The molecule has 0 spiro atoms. The average molecular weight is 384 g/mol. The highest BCUT2D eigenvalue weighted by atomic mass is 17.0. The molecule has 0 aliphatic carbocycles. The SMILES string of the molecule is Cc1ccc(C2CC(O[N+](=O)OC3COC(c4ccc(C)cc4)C3)CO2)cc1. The number of nitrogens with zero attached hydrogens (tertiary/aromatic N) is 1. The molecule has 0 N–H and O–H groups in total. The smallest absolute Gasteiger partial charge is 0.369 e. The topological polar surface area (TPSA) is 57.0 Å². The molecule has 28 heavy (non-hydrogen) atoms. The van der Waals surface area contributed by atoms with Gasteiger partial charge in [-0.2, -0.15) is 9.68 Å². The molecule has 2 aliphatic rings. The summed E-state index contributed by atoms with van der Waals surface area (Å²) in [5.74, 6) is 0. The van der Waals surface area contributed by atoms with Gasteiger partial charge < -0.3 is 9.47 Å². The highest BCUT2D eigenvalue weighted by molar-refractivity contribution is 5.24. The quantitative estimate of drug-likeness (QED) is 0.695. The fourth-order valence-electron chi connectivity index (χ4n) is 3.64. The Bertz CT molecular complexity index is 737. The van der Waals surface area contributed by atoms with Gasteiger partial charge in [-0.1, -0.05) is 59.7 Å². The minimum atomic E-state index is -0.320. The third-order valence-electron chi connectivity index (χ3n) is 5.29. The summed E-state index contributed by atoms with van der Waals surface area (Å²) in [6.07, 6.45) is 0.494. The first-order valence-corrected chi connectivity index (χ1v) is 9.74. The Hall–Kier alpha value is -2.44. The maximum atomic E-state index is 12.1. The molecule has 2 aromatic rings. The summed E-state index contributed by atoms with van der Waals surface area (Å²) >= 11 is 0. The number of hydrogen-bond donors (Lipinski definition) is 0. The van der Waals surface area contributed by atoms with Gasteiger partial charge >= 0.3 is 5.09 Å². The molecule has 2 saturated heterocycles. The molecule has 0 saturated carbocycles.